The van der Waals surface area contributed by atoms with Gasteiger partial charge in [-0.1, -0.05) is 127 Å². The van der Waals surface area contributed by atoms with Gasteiger partial charge in [0.05, 0.1) is 6.16 Å². The maximum absolute atomic E-state index is 2.40. The Morgan fingerprint density at radius 3 is 1.62 bits per heavy atom. The van der Waals surface area contributed by atoms with E-state index in [0.717, 1.165) is 12.6 Å². The number of rotatable bonds is 7. The fraction of sp³-hybridized carbons (Fsp3) is 0.0556. The van der Waals surface area contributed by atoms with E-state index in [1.807, 2.05) is 0 Å². The summed E-state index contributed by atoms with van der Waals surface area (Å²) in [7, 11) is -2.01. The second-order valence-electron chi connectivity index (χ2n) is 9.57. The SMILES string of the molecule is c1ccc(C[P+](c2ccccc2)(c2ccccc2)c2ccccc2Cc2cccc3ccccc23)cc1. The Hall–Kier alpha value is -3.99. The molecule has 0 saturated heterocycles. The van der Waals surface area contributed by atoms with Crippen molar-refractivity contribution < 1.29 is 0 Å². The van der Waals surface area contributed by atoms with Crippen LogP contribution in [0.25, 0.3) is 10.8 Å². The Bertz CT molecular complexity index is 1560. The van der Waals surface area contributed by atoms with E-state index in [2.05, 4.69) is 158 Å². The Morgan fingerprint density at radius 1 is 0.405 bits per heavy atom. The lowest BCUT2D eigenvalue weighted by atomic mass is 9.98. The van der Waals surface area contributed by atoms with Gasteiger partial charge in [0.2, 0.25) is 0 Å². The molecule has 37 heavy (non-hydrogen) atoms. The predicted molar refractivity (Wildman–Crippen MR) is 162 cm³/mol. The number of hydrogen-bond donors (Lipinski definition) is 0. The molecule has 6 aromatic carbocycles. The average molecular weight is 494 g/mol. The van der Waals surface area contributed by atoms with Gasteiger partial charge >= 0.3 is 0 Å². The molecular formula is C36H30P+. The van der Waals surface area contributed by atoms with E-state index in [1.165, 1.54) is 43.4 Å². The van der Waals surface area contributed by atoms with Crippen molar-refractivity contribution in [3.8, 4) is 0 Å². The van der Waals surface area contributed by atoms with Crippen LogP contribution in [0.15, 0.2) is 158 Å². The average Bonchev–Trinajstić information content (AvgIpc) is 2.98. The summed E-state index contributed by atoms with van der Waals surface area (Å²) in [5.74, 6) is 0. The topological polar surface area (TPSA) is 0 Å². The normalized spacial score (nSPS) is 11.5. The molecule has 0 bridgehead atoms. The van der Waals surface area contributed by atoms with E-state index in [4.69, 9.17) is 0 Å². The third kappa shape index (κ3) is 4.62. The highest BCUT2D eigenvalue weighted by molar-refractivity contribution is 7.95. The van der Waals surface area contributed by atoms with Crippen molar-refractivity contribution >= 4 is 33.9 Å². The first kappa shape index (κ1) is 23.4. The molecule has 0 N–H and O–H groups in total. The number of fused-ring (bicyclic) bond motifs is 1. The first-order valence-electron chi connectivity index (χ1n) is 12.9. The van der Waals surface area contributed by atoms with Gasteiger partial charge in [0.15, 0.2) is 0 Å². The highest BCUT2D eigenvalue weighted by atomic mass is 31.2. The molecule has 0 nitrogen and oxygen atoms in total. The second-order valence-corrected chi connectivity index (χ2v) is 13.0. The molecule has 0 aromatic heterocycles. The number of benzene rings is 6. The maximum Gasteiger partial charge on any atom is 0.116 e. The van der Waals surface area contributed by atoms with E-state index in [-0.39, 0.29) is 0 Å². The molecule has 0 saturated carbocycles. The Balaban J connectivity index is 1.60. The molecular weight excluding hydrogens is 463 g/mol. The molecule has 0 aliphatic carbocycles. The van der Waals surface area contributed by atoms with Crippen LogP contribution < -0.4 is 15.9 Å². The van der Waals surface area contributed by atoms with Gasteiger partial charge in [-0.05, 0) is 57.8 Å². The summed E-state index contributed by atoms with van der Waals surface area (Å²) in [5, 5.41) is 6.97. The van der Waals surface area contributed by atoms with E-state index in [0.29, 0.717) is 0 Å². The van der Waals surface area contributed by atoms with Crippen LogP contribution >= 0.6 is 7.26 Å². The summed E-state index contributed by atoms with van der Waals surface area (Å²) in [5.41, 5.74) is 4.17. The lowest BCUT2D eigenvalue weighted by Crippen LogP contribution is -2.34. The van der Waals surface area contributed by atoms with Crippen molar-refractivity contribution in [1.82, 2.24) is 0 Å². The van der Waals surface area contributed by atoms with E-state index < -0.39 is 7.26 Å². The molecule has 1 heteroatoms. The Labute approximate surface area is 220 Å². The summed E-state index contributed by atoms with van der Waals surface area (Å²) < 4.78 is 0. The van der Waals surface area contributed by atoms with Gasteiger partial charge in [-0.15, -0.1) is 0 Å². The molecule has 0 atom stereocenters. The van der Waals surface area contributed by atoms with Crippen molar-refractivity contribution in [3.05, 3.63) is 174 Å². The molecule has 0 aliphatic heterocycles. The highest BCUT2D eigenvalue weighted by Crippen LogP contribution is 2.59. The fourth-order valence-electron chi connectivity index (χ4n) is 5.60. The van der Waals surface area contributed by atoms with Gasteiger partial charge in [-0.2, -0.15) is 0 Å². The smallest absolute Gasteiger partial charge is 0.0622 e. The molecule has 6 rings (SSSR count). The third-order valence-electron chi connectivity index (χ3n) is 7.32. The van der Waals surface area contributed by atoms with Crippen LogP contribution in [-0.4, -0.2) is 0 Å². The fourth-order valence-corrected chi connectivity index (χ4v) is 10.1. The standard InChI is InChI=1S/C36H30P/c1-4-15-29(16-5-1)28-37(33-21-6-2-7-22-33,34-23-8-3-9-24-34)36-26-13-11-18-32(36)27-31-20-14-19-30-17-10-12-25-35(30)31/h1-26H,27-28H2/q+1. The van der Waals surface area contributed by atoms with Gasteiger partial charge < -0.3 is 0 Å². The molecule has 0 radical (unpaired) electrons. The van der Waals surface area contributed by atoms with Crippen molar-refractivity contribution in [2.24, 2.45) is 0 Å². The predicted octanol–water partition coefficient (Wildman–Crippen LogP) is 7.92. The largest absolute Gasteiger partial charge is 0.116 e. The van der Waals surface area contributed by atoms with Crippen LogP contribution in [0.2, 0.25) is 0 Å². The van der Waals surface area contributed by atoms with Gasteiger partial charge in [-0.3, -0.25) is 0 Å². The molecule has 0 amide bonds. The zero-order valence-corrected chi connectivity index (χ0v) is 21.8. The van der Waals surface area contributed by atoms with E-state index in [1.54, 1.807) is 0 Å². The highest BCUT2D eigenvalue weighted by Gasteiger charge is 2.46. The van der Waals surface area contributed by atoms with Gasteiger partial charge in [-0.25, -0.2) is 0 Å². The van der Waals surface area contributed by atoms with Gasteiger partial charge in [0.25, 0.3) is 0 Å². The zero-order chi connectivity index (χ0) is 24.9. The molecule has 178 valence electrons. The first-order valence-corrected chi connectivity index (χ1v) is 14.9. The van der Waals surface area contributed by atoms with Crippen LogP contribution in [-0.2, 0) is 12.6 Å². The van der Waals surface area contributed by atoms with E-state index in [9.17, 15) is 0 Å². The van der Waals surface area contributed by atoms with Gasteiger partial charge in [0, 0.05) is 6.42 Å². The Kier molecular flexibility index (Phi) is 6.68. The molecule has 0 spiro atoms. The van der Waals surface area contributed by atoms with Crippen molar-refractivity contribution in [2.45, 2.75) is 12.6 Å². The monoisotopic (exact) mass is 493 g/mol. The summed E-state index contributed by atoms with van der Waals surface area (Å²) in [4.78, 5) is 0. The molecule has 0 aliphatic rings. The lowest BCUT2D eigenvalue weighted by Gasteiger charge is -2.29. The van der Waals surface area contributed by atoms with Crippen LogP contribution in [0.3, 0.4) is 0 Å². The summed E-state index contributed by atoms with van der Waals surface area (Å²) in [6, 6.07) is 58.1. The molecule has 6 aromatic rings. The van der Waals surface area contributed by atoms with Crippen molar-refractivity contribution in [1.29, 1.82) is 0 Å². The second kappa shape index (κ2) is 10.6. The summed E-state index contributed by atoms with van der Waals surface area (Å²) in [6.07, 6.45) is 1.90. The lowest BCUT2D eigenvalue weighted by molar-refractivity contribution is 1.23. The van der Waals surface area contributed by atoms with E-state index >= 15 is 0 Å². The summed E-state index contributed by atoms with van der Waals surface area (Å²) in [6.45, 7) is 0. The Morgan fingerprint density at radius 2 is 0.919 bits per heavy atom. The molecule has 0 fully saturated rings. The summed E-state index contributed by atoms with van der Waals surface area (Å²) >= 11 is 0. The van der Waals surface area contributed by atoms with Gasteiger partial charge in [0.1, 0.15) is 23.2 Å². The minimum atomic E-state index is -2.01. The van der Waals surface area contributed by atoms with Crippen molar-refractivity contribution in [2.75, 3.05) is 0 Å². The molecule has 0 unspecified atom stereocenters. The minimum absolute atomic E-state index is 0.910. The first-order chi connectivity index (χ1) is 18.3. The van der Waals surface area contributed by atoms with Crippen LogP contribution in [0.5, 0.6) is 0 Å². The maximum atomic E-state index is 2.40. The zero-order valence-electron chi connectivity index (χ0n) is 20.9. The minimum Gasteiger partial charge on any atom is -0.0622 e. The van der Waals surface area contributed by atoms with Crippen LogP contribution in [0, 0.1) is 0 Å². The third-order valence-corrected chi connectivity index (χ3v) is 11.8. The van der Waals surface area contributed by atoms with Crippen LogP contribution in [0.4, 0.5) is 0 Å². The quantitative estimate of drug-likeness (QED) is 0.198. The van der Waals surface area contributed by atoms with Crippen molar-refractivity contribution in [3.63, 3.8) is 0 Å². The number of hydrogen-bond acceptors (Lipinski definition) is 0. The molecule has 0 heterocycles. The van der Waals surface area contributed by atoms with Crippen LogP contribution in [0.1, 0.15) is 16.7 Å².